The van der Waals surface area contributed by atoms with Gasteiger partial charge in [-0.25, -0.2) is 9.97 Å². The second-order valence-corrected chi connectivity index (χ2v) is 10.2. The number of thiazole rings is 1. The van der Waals surface area contributed by atoms with Crippen LogP contribution in [-0.2, 0) is 6.54 Å². The molecule has 6 nitrogen and oxygen atoms in total. The van der Waals surface area contributed by atoms with Gasteiger partial charge in [-0.2, -0.15) is 0 Å². The Balaban J connectivity index is 1.27. The molecule has 0 radical (unpaired) electrons. The lowest BCUT2D eigenvalue weighted by Gasteiger charge is -2.26. The van der Waals surface area contributed by atoms with Gasteiger partial charge in [0.2, 0.25) is 0 Å². The van der Waals surface area contributed by atoms with Gasteiger partial charge in [0.1, 0.15) is 0 Å². The number of H-pyrrole nitrogens is 1. The minimum absolute atomic E-state index is 0.103. The minimum atomic E-state index is -0.103. The molecule has 0 spiro atoms. The maximum Gasteiger partial charge on any atom is 0.255 e. The summed E-state index contributed by atoms with van der Waals surface area (Å²) in [7, 11) is 2.01. The van der Waals surface area contributed by atoms with Gasteiger partial charge >= 0.3 is 0 Å². The highest BCUT2D eigenvalue weighted by Crippen LogP contribution is 2.33. The van der Waals surface area contributed by atoms with E-state index in [4.69, 9.17) is 4.98 Å². The molecule has 36 heavy (non-hydrogen) atoms. The number of aromatic nitrogens is 2. The summed E-state index contributed by atoms with van der Waals surface area (Å²) in [5, 5.41) is 6.02. The Bertz CT molecular complexity index is 1310. The zero-order valence-electron chi connectivity index (χ0n) is 20.8. The number of piperidine rings is 1. The number of nitrogens with zero attached hydrogens (tertiary/aromatic N) is 3. The van der Waals surface area contributed by atoms with Crippen LogP contribution in [0.25, 0.3) is 11.3 Å². The van der Waals surface area contributed by atoms with E-state index < -0.39 is 0 Å². The number of anilines is 3. The van der Waals surface area contributed by atoms with Gasteiger partial charge in [-0.05, 0) is 74.3 Å². The molecule has 3 heterocycles. The molecule has 4 aromatic rings. The van der Waals surface area contributed by atoms with Crippen molar-refractivity contribution in [1.82, 2.24) is 9.88 Å². The molecule has 2 aromatic heterocycles. The standard InChI is InChI=1S/C29H31N5OS/c1-21-8-13-25(17-27(21)33(2)29-32-26(20-36-29)24-7-6-14-30-18-24)31-28(35)23-11-9-22(10-12-23)19-34-15-4-3-5-16-34/h6-14,17-18,20H,3-5,15-16,19H2,1-2H3,(H,31,35)/p+1. The molecule has 0 bridgehead atoms. The Kier molecular flexibility index (Phi) is 7.39. The molecule has 7 heteroatoms. The fourth-order valence-corrected chi connectivity index (χ4v) is 5.41. The first-order valence-corrected chi connectivity index (χ1v) is 13.3. The topological polar surface area (TPSA) is 62.6 Å². The Morgan fingerprint density at radius 3 is 2.67 bits per heavy atom. The smallest absolute Gasteiger partial charge is 0.255 e. The average Bonchev–Trinajstić information content (AvgIpc) is 3.41. The van der Waals surface area contributed by atoms with Crippen molar-refractivity contribution in [2.45, 2.75) is 32.7 Å². The van der Waals surface area contributed by atoms with Crippen LogP contribution < -0.4 is 15.2 Å². The van der Waals surface area contributed by atoms with Crippen molar-refractivity contribution in [1.29, 1.82) is 0 Å². The number of hydrogen-bond acceptors (Lipinski definition) is 5. The third-order valence-corrected chi connectivity index (χ3v) is 7.60. The van der Waals surface area contributed by atoms with E-state index in [1.807, 2.05) is 61.9 Å². The lowest BCUT2D eigenvalue weighted by molar-refractivity contribution is -0.377. The number of benzene rings is 2. The third-order valence-electron chi connectivity index (χ3n) is 6.68. The number of carbonyl (C=O) groups excluding carboxylic acids is 1. The van der Waals surface area contributed by atoms with Crippen LogP contribution in [-0.4, -0.2) is 35.9 Å². The maximum atomic E-state index is 13.0. The number of carbonyl (C=O) groups is 1. The molecule has 0 atom stereocenters. The molecule has 1 aliphatic rings. The molecule has 1 aliphatic heterocycles. The Labute approximate surface area is 216 Å². The quantitative estimate of drug-likeness (QED) is 0.343. The number of rotatable bonds is 7. The summed E-state index contributed by atoms with van der Waals surface area (Å²) < 4.78 is 0. The van der Waals surface area contributed by atoms with Crippen LogP contribution in [0.2, 0.25) is 0 Å². The molecule has 1 saturated heterocycles. The highest BCUT2D eigenvalue weighted by Gasteiger charge is 2.15. The normalized spacial score (nSPS) is 13.9. The summed E-state index contributed by atoms with van der Waals surface area (Å²) in [6, 6.07) is 18.0. The highest BCUT2D eigenvalue weighted by atomic mass is 32.1. The van der Waals surface area contributed by atoms with Crippen molar-refractivity contribution in [2.24, 2.45) is 0 Å². The molecule has 5 rings (SSSR count). The van der Waals surface area contributed by atoms with Crippen molar-refractivity contribution in [2.75, 3.05) is 30.4 Å². The van der Waals surface area contributed by atoms with Gasteiger partial charge in [0, 0.05) is 42.0 Å². The average molecular weight is 499 g/mol. The molecular weight excluding hydrogens is 466 g/mol. The number of pyridine rings is 1. The number of amides is 1. The summed E-state index contributed by atoms with van der Waals surface area (Å²) >= 11 is 1.60. The molecule has 2 aromatic carbocycles. The Hall–Kier alpha value is -3.55. The van der Waals surface area contributed by atoms with Crippen LogP contribution >= 0.6 is 11.3 Å². The predicted molar refractivity (Wildman–Crippen MR) is 147 cm³/mol. The van der Waals surface area contributed by atoms with E-state index >= 15 is 0 Å². The fraction of sp³-hybridized carbons (Fsp3) is 0.276. The van der Waals surface area contributed by atoms with Gasteiger partial charge in [0.25, 0.3) is 5.91 Å². The van der Waals surface area contributed by atoms with Crippen LogP contribution in [0.5, 0.6) is 0 Å². The van der Waals surface area contributed by atoms with Crippen LogP contribution in [0.3, 0.4) is 0 Å². The maximum absolute atomic E-state index is 13.0. The highest BCUT2D eigenvalue weighted by molar-refractivity contribution is 7.14. The van der Waals surface area contributed by atoms with Crippen LogP contribution in [0.4, 0.5) is 16.5 Å². The third kappa shape index (κ3) is 5.64. The number of likely N-dealkylation sites (tertiary alicyclic amines) is 1. The van der Waals surface area contributed by atoms with Crippen molar-refractivity contribution in [3.8, 4) is 11.3 Å². The molecule has 184 valence electrons. The molecule has 1 fully saturated rings. The zero-order chi connectivity index (χ0) is 24.9. The fourth-order valence-electron chi connectivity index (χ4n) is 4.60. The minimum Gasteiger partial charge on any atom is -0.322 e. The van der Waals surface area contributed by atoms with Crippen LogP contribution in [0.1, 0.15) is 40.7 Å². The molecule has 0 saturated carbocycles. The Morgan fingerprint density at radius 1 is 1.11 bits per heavy atom. The lowest BCUT2D eigenvalue weighted by Crippen LogP contribution is -2.29. The monoisotopic (exact) mass is 498 g/mol. The van der Waals surface area contributed by atoms with Gasteiger partial charge in [-0.15, -0.1) is 11.3 Å². The van der Waals surface area contributed by atoms with E-state index in [1.165, 1.54) is 37.9 Å². The van der Waals surface area contributed by atoms with Gasteiger partial charge in [0.05, 0.1) is 11.3 Å². The van der Waals surface area contributed by atoms with Crippen LogP contribution in [0, 0.1) is 6.92 Å². The van der Waals surface area contributed by atoms with Crippen molar-refractivity contribution in [3.05, 3.63) is 89.1 Å². The largest absolute Gasteiger partial charge is 0.322 e. The van der Waals surface area contributed by atoms with Crippen molar-refractivity contribution < 1.29 is 9.78 Å². The zero-order valence-corrected chi connectivity index (χ0v) is 21.6. The second-order valence-electron chi connectivity index (χ2n) is 9.36. The van der Waals surface area contributed by atoms with Crippen molar-refractivity contribution >= 4 is 33.8 Å². The number of aryl methyl sites for hydroxylation is 1. The lowest BCUT2D eigenvalue weighted by atomic mass is 10.1. The van der Waals surface area contributed by atoms with Crippen molar-refractivity contribution in [3.63, 3.8) is 0 Å². The van der Waals surface area contributed by atoms with Gasteiger partial charge in [-0.3, -0.25) is 9.69 Å². The van der Waals surface area contributed by atoms with Gasteiger partial charge in [-0.1, -0.05) is 24.6 Å². The predicted octanol–water partition coefficient (Wildman–Crippen LogP) is 5.94. The molecule has 2 N–H and O–H groups in total. The number of aromatic amines is 1. The van der Waals surface area contributed by atoms with Gasteiger partial charge < -0.3 is 10.2 Å². The molecule has 0 unspecified atom stereocenters. The van der Waals surface area contributed by atoms with Gasteiger partial charge in [0.15, 0.2) is 17.5 Å². The SMILES string of the molecule is Cc1ccc(NC(=O)c2ccc(CN3CCCCC3)cc2)cc1N(C)c1nc(-c2ccc[nH+]c2)cs1. The molecular formula is C29H32N5OS+. The van der Waals surface area contributed by atoms with E-state index in [9.17, 15) is 4.79 Å². The summed E-state index contributed by atoms with van der Waals surface area (Å²) in [5.41, 5.74) is 6.78. The first kappa shape index (κ1) is 24.2. The molecule has 0 aliphatic carbocycles. The van der Waals surface area contributed by atoms with E-state index in [0.717, 1.165) is 39.9 Å². The summed E-state index contributed by atoms with van der Waals surface area (Å²) in [5.74, 6) is -0.103. The first-order chi connectivity index (χ1) is 17.6. The van der Waals surface area contributed by atoms with E-state index in [1.54, 1.807) is 11.3 Å². The number of nitrogens with one attached hydrogen (secondary N) is 2. The number of hydrogen-bond donors (Lipinski definition) is 1. The summed E-state index contributed by atoms with van der Waals surface area (Å²) in [6.07, 6.45) is 7.73. The Morgan fingerprint density at radius 2 is 1.92 bits per heavy atom. The second kappa shape index (κ2) is 11.0. The summed E-state index contributed by atoms with van der Waals surface area (Å²) in [6.45, 7) is 5.36. The van der Waals surface area contributed by atoms with E-state index in [-0.39, 0.29) is 5.91 Å². The van der Waals surface area contributed by atoms with E-state index in [0.29, 0.717) is 5.56 Å². The molecule has 1 amide bonds. The van der Waals surface area contributed by atoms with E-state index in [2.05, 4.69) is 44.5 Å². The van der Waals surface area contributed by atoms with Crippen LogP contribution in [0.15, 0.2) is 72.4 Å². The first-order valence-electron chi connectivity index (χ1n) is 12.5. The summed E-state index contributed by atoms with van der Waals surface area (Å²) in [4.78, 5) is 25.5.